The molecule has 3 aromatic carbocycles. The van der Waals surface area contributed by atoms with Gasteiger partial charge in [-0.25, -0.2) is 4.79 Å². The van der Waals surface area contributed by atoms with E-state index >= 15 is 0 Å². The van der Waals surface area contributed by atoms with Gasteiger partial charge in [-0.15, -0.1) is 0 Å². The Morgan fingerprint density at radius 3 is 1.87 bits per heavy atom. The van der Waals surface area contributed by atoms with Crippen LogP contribution < -0.4 is 4.90 Å². The summed E-state index contributed by atoms with van der Waals surface area (Å²) in [6.07, 6.45) is 2.35. The number of benzene rings is 3. The average molecular weight is 400 g/mol. The zero-order chi connectivity index (χ0) is 21.5. The molecule has 0 amide bonds. The summed E-state index contributed by atoms with van der Waals surface area (Å²) < 4.78 is 0. The molecule has 0 unspecified atom stereocenters. The molecule has 0 aromatic heterocycles. The smallest absolute Gasteiger partial charge is 0.335 e. The van der Waals surface area contributed by atoms with Gasteiger partial charge in [0.05, 0.1) is 5.56 Å². The van der Waals surface area contributed by atoms with Crippen LogP contribution in [0, 0.1) is 0 Å². The molecule has 30 heavy (non-hydrogen) atoms. The Morgan fingerprint density at radius 1 is 0.733 bits per heavy atom. The van der Waals surface area contributed by atoms with Gasteiger partial charge in [-0.3, -0.25) is 0 Å². The van der Waals surface area contributed by atoms with Crippen LogP contribution in [-0.2, 0) is 10.8 Å². The van der Waals surface area contributed by atoms with E-state index in [1.54, 1.807) is 12.1 Å². The summed E-state index contributed by atoms with van der Waals surface area (Å²) >= 11 is 0. The third kappa shape index (κ3) is 3.60. The fraction of sp³-hybridized carbons (Fsp3) is 0.296. The zero-order valence-corrected chi connectivity index (χ0v) is 18.1. The van der Waals surface area contributed by atoms with Crippen LogP contribution in [0.15, 0.2) is 72.8 Å². The lowest BCUT2D eigenvalue weighted by molar-refractivity contribution is 0.0697. The molecule has 0 radical (unpaired) electrons. The highest BCUT2D eigenvalue weighted by atomic mass is 16.4. The summed E-state index contributed by atoms with van der Waals surface area (Å²) in [6, 6.07) is 24.1. The molecule has 0 fully saturated rings. The van der Waals surface area contributed by atoms with Gasteiger partial charge in [0.25, 0.3) is 0 Å². The van der Waals surface area contributed by atoms with Crippen molar-refractivity contribution in [1.82, 2.24) is 0 Å². The third-order valence-corrected chi connectivity index (χ3v) is 6.48. The van der Waals surface area contributed by atoms with Gasteiger partial charge in [0, 0.05) is 17.1 Å². The lowest BCUT2D eigenvalue weighted by Crippen LogP contribution is -2.34. The summed E-state index contributed by atoms with van der Waals surface area (Å²) in [6.45, 7) is 9.33. The molecule has 1 N–H and O–H groups in total. The van der Waals surface area contributed by atoms with Crippen LogP contribution in [0.25, 0.3) is 0 Å². The van der Waals surface area contributed by atoms with E-state index in [1.807, 2.05) is 30.3 Å². The Morgan fingerprint density at radius 2 is 1.27 bits per heavy atom. The maximum atomic E-state index is 11.3. The van der Waals surface area contributed by atoms with Crippen molar-refractivity contribution in [2.45, 2.75) is 51.4 Å². The first kappa shape index (κ1) is 20.2. The lowest BCUT2D eigenvalue weighted by Gasteiger charge is -2.42. The second-order valence-corrected chi connectivity index (χ2v) is 9.52. The molecule has 154 valence electrons. The molecule has 4 rings (SSSR count). The lowest BCUT2D eigenvalue weighted by atomic mass is 9.63. The number of hydrogen-bond acceptors (Lipinski definition) is 2. The molecular formula is C27H29NO2. The number of carboxylic acids is 1. The van der Waals surface area contributed by atoms with Gasteiger partial charge in [0.15, 0.2) is 0 Å². The van der Waals surface area contributed by atoms with E-state index in [4.69, 9.17) is 0 Å². The van der Waals surface area contributed by atoms with Crippen molar-refractivity contribution in [2.24, 2.45) is 0 Å². The SMILES string of the molecule is CC1(C)CCC(C)(C)c2cc(N(c3ccccc3)c3ccc(C(=O)O)cc3)ccc21. The molecule has 3 heteroatoms. The highest BCUT2D eigenvalue weighted by Gasteiger charge is 2.37. The highest BCUT2D eigenvalue weighted by Crippen LogP contribution is 2.48. The van der Waals surface area contributed by atoms with E-state index in [9.17, 15) is 9.90 Å². The fourth-order valence-electron chi connectivity index (χ4n) is 4.49. The van der Waals surface area contributed by atoms with Gasteiger partial charge in [-0.05, 0) is 83.3 Å². The van der Waals surface area contributed by atoms with Crippen LogP contribution in [0.3, 0.4) is 0 Å². The summed E-state index contributed by atoms with van der Waals surface area (Å²) in [7, 11) is 0. The van der Waals surface area contributed by atoms with E-state index in [-0.39, 0.29) is 10.8 Å². The quantitative estimate of drug-likeness (QED) is 0.504. The number of carbonyl (C=O) groups is 1. The summed E-state index contributed by atoms with van der Waals surface area (Å²) in [4.78, 5) is 13.5. The Labute approximate surface area is 179 Å². The molecule has 0 aliphatic heterocycles. The van der Waals surface area contributed by atoms with Gasteiger partial charge in [-0.1, -0.05) is 52.0 Å². The van der Waals surface area contributed by atoms with Crippen molar-refractivity contribution < 1.29 is 9.90 Å². The number of aromatic carboxylic acids is 1. The van der Waals surface area contributed by atoms with Crippen molar-refractivity contribution in [2.75, 3.05) is 4.90 Å². The highest BCUT2D eigenvalue weighted by molar-refractivity contribution is 5.88. The van der Waals surface area contributed by atoms with Crippen LogP contribution >= 0.6 is 0 Å². The first-order valence-electron chi connectivity index (χ1n) is 10.5. The molecule has 0 heterocycles. The van der Waals surface area contributed by atoms with Gasteiger partial charge >= 0.3 is 5.97 Å². The van der Waals surface area contributed by atoms with E-state index in [1.165, 1.54) is 17.5 Å². The van der Waals surface area contributed by atoms with Gasteiger partial charge in [-0.2, -0.15) is 0 Å². The summed E-state index contributed by atoms with van der Waals surface area (Å²) in [5.74, 6) is -0.912. The number of para-hydroxylation sites is 1. The molecule has 0 saturated carbocycles. The molecular weight excluding hydrogens is 370 g/mol. The summed E-state index contributed by atoms with van der Waals surface area (Å²) in [5.41, 5.74) is 6.50. The number of hydrogen-bond donors (Lipinski definition) is 1. The van der Waals surface area contributed by atoms with Crippen LogP contribution in [0.4, 0.5) is 17.1 Å². The predicted octanol–water partition coefficient (Wildman–Crippen LogP) is 7.20. The molecule has 0 saturated heterocycles. The minimum Gasteiger partial charge on any atom is -0.478 e. The van der Waals surface area contributed by atoms with Crippen molar-refractivity contribution in [3.63, 3.8) is 0 Å². The third-order valence-electron chi connectivity index (χ3n) is 6.48. The largest absolute Gasteiger partial charge is 0.478 e. The van der Waals surface area contributed by atoms with Crippen molar-refractivity contribution in [1.29, 1.82) is 0 Å². The average Bonchev–Trinajstić information content (AvgIpc) is 2.73. The number of fused-ring (bicyclic) bond motifs is 1. The molecule has 0 atom stereocenters. The van der Waals surface area contributed by atoms with Crippen LogP contribution in [0.1, 0.15) is 62.0 Å². The Balaban J connectivity index is 1.87. The van der Waals surface area contributed by atoms with E-state index in [2.05, 4.69) is 62.9 Å². The Bertz CT molecular complexity index is 1070. The molecule has 0 bridgehead atoms. The monoisotopic (exact) mass is 399 g/mol. The predicted molar refractivity (Wildman–Crippen MR) is 123 cm³/mol. The van der Waals surface area contributed by atoms with Crippen LogP contribution in [0.5, 0.6) is 0 Å². The number of carboxylic acid groups (broad SMARTS) is 1. The minimum atomic E-state index is -0.912. The standard InChI is InChI=1S/C27H29NO2/c1-26(2)16-17-27(3,4)24-18-22(14-15-23(24)26)28(20-8-6-5-7-9-20)21-12-10-19(11-13-21)25(29)30/h5-15,18H,16-17H2,1-4H3,(H,29,30). The number of anilines is 3. The van der Waals surface area contributed by atoms with Crippen LogP contribution in [-0.4, -0.2) is 11.1 Å². The minimum absolute atomic E-state index is 0.121. The van der Waals surface area contributed by atoms with Gasteiger partial charge in [0.2, 0.25) is 0 Å². The van der Waals surface area contributed by atoms with Crippen molar-refractivity contribution >= 4 is 23.0 Å². The number of nitrogens with zero attached hydrogens (tertiary/aromatic N) is 1. The molecule has 1 aliphatic carbocycles. The molecule has 3 aromatic rings. The summed E-state index contributed by atoms with van der Waals surface area (Å²) in [5, 5.41) is 9.27. The Hall–Kier alpha value is -3.07. The second kappa shape index (κ2) is 7.32. The first-order valence-corrected chi connectivity index (χ1v) is 10.5. The second-order valence-electron chi connectivity index (χ2n) is 9.52. The van der Waals surface area contributed by atoms with Gasteiger partial charge < -0.3 is 10.0 Å². The topological polar surface area (TPSA) is 40.5 Å². The van der Waals surface area contributed by atoms with E-state index < -0.39 is 5.97 Å². The molecule has 3 nitrogen and oxygen atoms in total. The van der Waals surface area contributed by atoms with Crippen molar-refractivity contribution in [3.05, 3.63) is 89.5 Å². The molecule has 0 spiro atoms. The zero-order valence-electron chi connectivity index (χ0n) is 18.1. The van der Waals surface area contributed by atoms with E-state index in [0.29, 0.717) is 5.56 Å². The molecule has 1 aliphatic rings. The Kier molecular flexibility index (Phi) is 4.93. The number of rotatable bonds is 4. The first-order chi connectivity index (χ1) is 14.2. The van der Waals surface area contributed by atoms with Gasteiger partial charge in [0.1, 0.15) is 0 Å². The fourth-order valence-corrected chi connectivity index (χ4v) is 4.49. The van der Waals surface area contributed by atoms with Crippen LogP contribution in [0.2, 0.25) is 0 Å². The normalized spacial score (nSPS) is 16.5. The maximum absolute atomic E-state index is 11.3. The van der Waals surface area contributed by atoms with E-state index in [0.717, 1.165) is 23.5 Å². The van der Waals surface area contributed by atoms with Crippen molar-refractivity contribution in [3.8, 4) is 0 Å². The maximum Gasteiger partial charge on any atom is 0.335 e.